The van der Waals surface area contributed by atoms with Gasteiger partial charge in [-0.2, -0.15) is 0 Å². The lowest BCUT2D eigenvalue weighted by Gasteiger charge is -2.28. The lowest BCUT2D eigenvalue weighted by Crippen LogP contribution is -2.38. The second kappa shape index (κ2) is 8.94. The van der Waals surface area contributed by atoms with Gasteiger partial charge in [0.15, 0.2) is 11.5 Å². The van der Waals surface area contributed by atoms with E-state index in [1.165, 1.54) is 0 Å². The third kappa shape index (κ3) is 4.01. The van der Waals surface area contributed by atoms with Gasteiger partial charge in [-0.05, 0) is 23.8 Å². The molecule has 1 fully saturated rings. The molecule has 0 radical (unpaired) electrons. The van der Waals surface area contributed by atoms with Crippen molar-refractivity contribution in [1.29, 1.82) is 0 Å². The Morgan fingerprint density at radius 3 is 2.54 bits per heavy atom. The topological polar surface area (TPSA) is 68.2 Å². The van der Waals surface area contributed by atoms with E-state index >= 15 is 0 Å². The maximum atomic E-state index is 11.9. The van der Waals surface area contributed by atoms with Gasteiger partial charge in [-0.3, -0.25) is 9.69 Å². The number of nitrogens with zero attached hydrogens (tertiary/aromatic N) is 1. The first-order chi connectivity index (χ1) is 13.5. The minimum atomic E-state index is -0.850. The van der Waals surface area contributed by atoms with Crippen LogP contribution in [0.25, 0.3) is 0 Å². The number of carboxylic acids is 1. The standard InChI is InChI=1S/C20H22ClNO5S/c1-25-16-8-7-13(17(26-2)18(16)27-3)10-22-15(20(23)24)11-28-19(22)12-5-4-6-14(21)9-12/h4-9,15,19H,10-11H2,1-3H3,(H,23,24). The van der Waals surface area contributed by atoms with Crippen LogP contribution in [0.1, 0.15) is 16.5 Å². The number of methoxy groups -OCH3 is 3. The third-order valence-corrected chi connectivity index (χ3v) is 6.27. The van der Waals surface area contributed by atoms with Crippen LogP contribution >= 0.6 is 23.4 Å². The zero-order chi connectivity index (χ0) is 20.3. The minimum Gasteiger partial charge on any atom is -0.493 e. The van der Waals surface area contributed by atoms with Gasteiger partial charge in [0.2, 0.25) is 5.75 Å². The van der Waals surface area contributed by atoms with Gasteiger partial charge in [-0.25, -0.2) is 0 Å². The van der Waals surface area contributed by atoms with Gasteiger partial charge >= 0.3 is 5.97 Å². The number of halogens is 1. The number of ether oxygens (including phenoxy) is 3. The van der Waals surface area contributed by atoms with Crippen LogP contribution in [0.15, 0.2) is 36.4 Å². The number of carbonyl (C=O) groups is 1. The van der Waals surface area contributed by atoms with E-state index in [1.807, 2.05) is 29.2 Å². The summed E-state index contributed by atoms with van der Waals surface area (Å²) in [5, 5.41) is 10.2. The molecule has 0 aromatic heterocycles. The van der Waals surface area contributed by atoms with E-state index in [0.717, 1.165) is 11.1 Å². The van der Waals surface area contributed by atoms with E-state index in [1.54, 1.807) is 45.2 Å². The largest absolute Gasteiger partial charge is 0.493 e. The van der Waals surface area contributed by atoms with Crippen molar-refractivity contribution < 1.29 is 24.1 Å². The van der Waals surface area contributed by atoms with Crippen molar-refractivity contribution in [2.45, 2.75) is 18.0 Å². The quantitative estimate of drug-likeness (QED) is 0.719. The predicted octanol–water partition coefficient (Wildman–Crippen LogP) is 4.07. The van der Waals surface area contributed by atoms with Crippen LogP contribution in [0.5, 0.6) is 17.2 Å². The fourth-order valence-corrected chi connectivity index (χ4v) is 5.03. The van der Waals surface area contributed by atoms with E-state index < -0.39 is 12.0 Å². The van der Waals surface area contributed by atoms with Crippen molar-refractivity contribution in [1.82, 2.24) is 4.90 Å². The van der Waals surface area contributed by atoms with Crippen molar-refractivity contribution in [3.63, 3.8) is 0 Å². The maximum absolute atomic E-state index is 11.9. The lowest BCUT2D eigenvalue weighted by molar-refractivity contribution is -0.142. The summed E-state index contributed by atoms with van der Waals surface area (Å²) in [6, 6.07) is 10.6. The molecule has 3 rings (SSSR count). The van der Waals surface area contributed by atoms with Crippen molar-refractivity contribution in [3.8, 4) is 17.2 Å². The van der Waals surface area contributed by atoms with E-state index in [9.17, 15) is 9.90 Å². The molecule has 1 aliphatic rings. The van der Waals surface area contributed by atoms with Gasteiger partial charge in [0.05, 0.1) is 26.7 Å². The van der Waals surface area contributed by atoms with Crippen LogP contribution in [-0.4, -0.2) is 49.1 Å². The Balaban J connectivity index is 2.00. The first-order valence-electron chi connectivity index (χ1n) is 8.63. The molecule has 2 aromatic carbocycles. The summed E-state index contributed by atoms with van der Waals surface area (Å²) in [6.07, 6.45) is 0. The van der Waals surface area contributed by atoms with Crippen LogP contribution in [0.4, 0.5) is 0 Å². The second-order valence-electron chi connectivity index (χ2n) is 6.26. The smallest absolute Gasteiger partial charge is 0.321 e. The summed E-state index contributed by atoms with van der Waals surface area (Å²) in [5.74, 6) is 1.21. The molecule has 1 saturated heterocycles. The molecule has 1 heterocycles. The molecular formula is C20H22ClNO5S. The molecule has 8 heteroatoms. The first kappa shape index (κ1) is 20.6. The van der Waals surface area contributed by atoms with Crippen molar-refractivity contribution in [2.75, 3.05) is 27.1 Å². The Morgan fingerprint density at radius 1 is 1.18 bits per heavy atom. The molecule has 0 amide bonds. The number of hydrogen-bond acceptors (Lipinski definition) is 6. The van der Waals surface area contributed by atoms with Gasteiger partial charge in [-0.1, -0.05) is 29.8 Å². The first-order valence-corrected chi connectivity index (χ1v) is 10.1. The van der Waals surface area contributed by atoms with E-state index in [2.05, 4.69) is 0 Å². The molecular weight excluding hydrogens is 402 g/mol. The number of benzene rings is 2. The average Bonchev–Trinajstić information content (AvgIpc) is 3.11. The van der Waals surface area contributed by atoms with Crippen molar-refractivity contribution >= 4 is 29.3 Å². The highest BCUT2D eigenvalue weighted by Gasteiger charge is 2.40. The zero-order valence-corrected chi connectivity index (χ0v) is 17.4. The van der Waals surface area contributed by atoms with Gasteiger partial charge in [0.25, 0.3) is 0 Å². The molecule has 2 atom stereocenters. The fraction of sp³-hybridized carbons (Fsp3) is 0.350. The molecule has 28 heavy (non-hydrogen) atoms. The highest BCUT2D eigenvalue weighted by atomic mass is 35.5. The minimum absolute atomic E-state index is 0.127. The summed E-state index contributed by atoms with van der Waals surface area (Å²) in [7, 11) is 4.66. The summed E-state index contributed by atoms with van der Waals surface area (Å²) in [4.78, 5) is 13.8. The Labute approximate surface area is 173 Å². The van der Waals surface area contributed by atoms with Gasteiger partial charge in [0.1, 0.15) is 6.04 Å². The van der Waals surface area contributed by atoms with Crippen LogP contribution in [0, 0.1) is 0 Å². The number of aliphatic carboxylic acids is 1. The average molecular weight is 424 g/mol. The van der Waals surface area contributed by atoms with Crippen molar-refractivity contribution in [3.05, 3.63) is 52.5 Å². The molecule has 0 bridgehead atoms. The molecule has 2 unspecified atom stereocenters. The van der Waals surface area contributed by atoms with Crippen LogP contribution < -0.4 is 14.2 Å². The Hall–Kier alpha value is -2.09. The van der Waals surface area contributed by atoms with Crippen molar-refractivity contribution in [2.24, 2.45) is 0 Å². The fourth-order valence-electron chi connectivity index (χ4n) is 3.38. The summed E-state index contributed by atoms with van der Waals surface area (Å²) in [5.41, 5.74) is 1.79. The molecule has 1 N–H and O–H groups in total. The highest BCUT2D eigenvalue weighted by molar-refractivity contribution is 7.99. The number of thioether (sulfide) groups is 1. The third-order valence-electron chi connectivity index (χ3n) is 4.67. The SMILES string of the molecule is COc1ccc(CN2C(C(=O)O)CSC2c2cccc(Cl)c2)c(OC)c1OC. The molecule has 0 aliphatic carbocycles. The Kier molecular flexibility index (Phi) is 6.59. The van der Waals surface area contributed by atoms with E-state index in [4.69, 9.17) is 25.8 Å². The van der Waals surface area contributed by atoms with Gasteiger partial charge < -0.3 is 19.3 Å². The summed E-state index contributed by atoms with van der Waals surface area (Å²) < 4.78 is 16.4. The molecule has 2 aromatic rings. The highest BCUT2D eigenvalue weighted by Crippen LogP contribution is 2.46. The Bertz CT molecular complexity index is 862. The summed E-state index contributed by atoms with van der Waals surface area (Å²) >= 11 is 7.74. The maximum Gasteiger partial charge on any atom is 0.321 e. The van der Waals surface area contributed by atoms with Crippen LogP contribution in [-0.2, 0) is 11.3 Å². The number of rotatable bonds is 7. The van der Waals surface area contributed by atoms with Gasteiger partial charge in [0, 0.05) is 22.9 Å². The number of hydrogen-bond donors (Lipinski definition) is 1. The molecule has 6 nitrogen and oxygen atoms in total. The Morgan fingerprint density at radius 2 is 1.93 bits per heavy atom. The lowest BCUT2D eigenvalue weighted by atomic mass is 10.1. The summed E-state index contributed by atoms with van der Waals surface area (Å²) in [6.45, 7) is 0.380. The number of carboxylic acid groups (broad SMARTS) is 1. The zero-order valence-electron chi connectivity index (χ0n) is 15.8. The second-order valence-corrected chi connectivity index (χ2v) is 7.81. The predicted molar refractivity (Wildman–Crippen MR) is 110 cm³/mol. The molecule has 1 aliphatic heterocycles. The van der Waals surface area contributed by atoms with Gasteiger partial charge in [-0.15, -0.1) is 11.8 Å². The normalized spacial score (nSPS) is 19.4. The molecule has 150 valence electrons. The van der Waals surface area contributed by atoms with E-state index in [0.29, 0.717) is 34.6 Å². The molecule has 0 saturated carbocycles. The monoisotopic (exact) mass is 423 g/mol. The van der Waals surface area contributed by atoms with E-state index in [-0.39, 0.29) is 5.37 Å². The van der Waals surface area contributed by atoms with Crippen LogP contribution in [0.3, 0.4) is 0 Å². The molecule has 0 spiro atoms. The van der Waals surface area contributed by atoms with Crippen LogP contribution in [0.2, 0.25) is 5.02 Å².